The predicted octanol–water partition coefficient (Wildman–Crippen LogP) is 2.23. The molecule has 0 bridgehead atoms. The summed E-state index contributed by atoms with van der Waals surface area (Å²) in [6.07, 6.45) is 0. The SMILES string of the molecule is CCOC(=O)C(C)(OCc1ccccc1F)C(=O)OCC. The van der Waals surface area contributed by atoms with Gasteiger partial charge in [-0.1, -0.05) is 18.2 Å². The van der Waals surface area contributed by atoms with Gasteiger partial charge in [0.1, 0.15) is 5.82 Å². The summed E-state index contributed by atoms with van der Waals surface area (Å²) in [5, 5.41) is 0. The van der Waals surface area contributed by atoms with E-state index in [0.717, 1.165) is 0 Å². The summed E-state index contributed by atoms with van der Waals surface area (Å²) in [7, 11) is 0. The van der Waals surface area contributed by atoms with Gasteiger partial charge in [-0.15, -0.1) is 0 Å². The molecule has 0 aliphatic heterocycles. The molecule has 1 aromatic rings. The molecule has 21 heavy (non-hydrogen) atoms. The molecule has 0 saturated carbocycles. The number of benzene rings is 1. The van der Waals surface area contributed by atoms with Crippen molar-refractivity contribution in [3.05, 3.63) is 35.6 Å². The first-order chi connectivity index (χ1) is 9.95. The Bertz CT molecular complexity index is 483. The van der Waals surface area contributed by atoms with Crippen LogP contribution in [0.5, 0.6) is 0 Å². The Morgan fingerprint density at radius 2 is 1.62 bits per heavy atom. The lowest BCUT2D eigenvalue weighted by molar-refractivity contribution is -0.190. The van der Waals surface area contributed by atoms with Gasteiger partial charge in [0.05, 0.1) is 19.8 Å². The highest BCUT2D eigenvalue weighted by atomic mass is 19.1. The molecule has 0 saturated heterocycles. The van der Waals surface area contributed by atoms with E-state index >= 15 is 0 Å². The molecule has 0 spiro atoms. The van der Waals surface area contributed by atoms with E-state index in [1.807, 2.05) is 0 Å². The third-order valence-corrected chi connectivity index (χ3v) is 2.80. The summed E-state index contributed by atoms with van der Waals surface area (Å²) in [6, 6.07) is 5.94. The normalized spacial score (nSPS) is 11.0. The van der Waals surface area contributed by atoms with Crippen LogP contribution in [0.2, 0.25) is 0 Å². The van der Waals surface area contributed by atoms with E-state index < -0.39 is 23.4 Å². The zero-order valence-corrected chi connectivity index (χ0v) is 12.3. The lowest BCUT2D eigenvalue weighted by atomic mass is 10.1. The van der Waals surface area contributed by atoms with Crippen LogP contribution in [0.15, 0.2) is 24.3 Å². The molecular weight excluding hydrogens is 279 g/mol. The van der Waals surface area contributed by atoms with Crippen LogP contribution in [0.1, 0.15) is 26.3 Å². The van der Waals surface area contributed by atoms with E-state index in [-0.39, 0.29) is 25.4 Å². The van der Waals surface area contributed by atoms with Crippen LogP contribution in [-0.2, 0) is 30.4 Å². The standard InChI is InChI=1S/C15H19FO5/c1-4-19-13(17)15(3,14(18)20-5-2)21-10-11-8-6-7-9-12(11)16/h6-9H,4-5,10H2,1-3H3. The van der Waals surface area contributed by atoms with Gasteiger partial charge in [-0.25, -0.2) is 14.0 Å². The first-order valence-electron chi connectivity index (χ1n) is 6.67. The molecule has 5 nitrogen and oxygen atoms in total. The van der Waals surface area contributed by atoms with Crippen LogP contribution in [0.3, 0.4) is 0 Å². The smallest absolute Gasteiger partial charge is 0.349 e. The van der Waals surface area contributed by atoms with E-state index in [1.54, 1.807) is 19.9 Å². The number of halogens is 1. The summed E-state index contributed by atoms with van der Waals surface area (Å²) in [5.74, 6) is -2.20. The van der Waals surface area contributed by atoms with Gasteiger partial charge in [-0.2, -0.15) is 0 Å². The van der Waals surface area contributed by atoms with Crippen molar-refractivity contribution in [2.45, 2.75) is 33.0 Å². The summed E-state index contributed by atoms with van der Waals surface area (Å²) >= 11 is 0. The van der Waals surface area contributed by atoms with Gasteiger partial charge in [0.15, 0.2) is 0 Å². The van der Waals surface area contributed by atoms with Crippen molar-refractivity contribution in [3.63, 3.8) is 0 Å². The molecule has 0 aliphatic carbocycles. The number of hydrogen-bond donors (Lipinski definition) is 0. The maximum absolute atomic E-state index is 13.6. The van der Waals surface area contributed by atoms with Crippen molar-refractivity contribution in [2.24, 2.45) is 0 Å². The molecule has 0 radical (unpaired) electrons. The number of ether oxygens (including phenoxy) is 3. The molecular formula is C15H19FO5. The lowest BCUT2D eigenvalue weighted by Crippen LogP contribution is -2.48. The molecule has 116 valence electrons. The molecule has 0 heterocycles. The number of hydrogen-bond acceptors (Lipinski definition) is 5. The van der Waals surface area contributed by atoms with E-state index in [2.05, 4.69) is 0 Å². The lowest BCUT2D eigenvalue weighted by Gasteiger charge is -2.25. The Kier molecular flexibility index (Phi) is 6.30. The third kappa shape index (κ3) is 4.26. The summed E-state index contributed by atoms with van der Waals surface area (Å²) in [6.45, 7) is 4.42. The van der Waals surface area contributed by atoms with Crippen molar-refractivity contribution < 1.29 is 28.2 Å². The number of carbonyl (C=O) groups is 2. The second-order valence-electron chi connectivity index (χ2n) is 4.35. The predicted molar refractivity (Wildman–Crippen MR) is 72.9 cm³/mol. The maximum Gasteiger partial charge on any atom is 0.349 e. The Labute approximate surface area is 123 Å². The first-order valence-corrected chi connectivity index (χ1v) is 6.67. The van der Waals surface area contributed by atoms with Gasteiger partial charge in [0.25, 0.3) is 5.60 Å². The van der Waals surface area contributed by atoms with Gasteiger partial charge in [-0.3, -0.25) is 0 Å². The van der Waals surface area contributed by atoms with Crippen molar-refractivity contribution in [2.75, 3.05) is 13.2 Å². The van der Waals surface area contributed by atoms with Gasteiger partial charge in [0, 0.05) is 5.56 Å². The average molecular weight is 298 g/mol. The van der Waals surface area contributed by atoms with Crippen molar-refractivity contribution in [1.29, 1.82) is 0 Å². The fourth-order valence-corrected chi connectivity index (χ4v) is 1.58. The van der Waals surface area contributed by atoms with Crippen LogP contribution in [0.25, 0.3) is 0 Å². The molecule has 0 N–H and O–H groups in total. The highest BCUT2D eigenvalue weighted by Crippen LogP contribution is 2.19. The van der Waals surface area contributed by atoms with Crippen LogP contribution in [0, 0.1) is 5.82 Å². The number of rotatable bonds is 7. The summed E-state index contributed by atoms with van der Waals surface area (Å²) < 4.78 is 28.6. The Balaban J connectivity index is 2.90. The van der Waals surface area contributed by atoms with E-state index in [0.29, 0.717) is 0 Å². The first kappa shape index (κ1) is 17.1. The van der Waals surface area contributed by atoms with Gasteiger partial charge < -0.3 is 14.2 Å². The van der Waals surface area contributed by atoms with E-state index in [9.17, 15) is 14.0 Å². The monoisotopic (exact) mass is 298 g/mol. The van der Waals surface area contributed by atoms with Crippen LogP contribution < -0.4 is 0 Å². The second kappa shape index (κ2) is 7.73. The van der Waals surface area contributed by atoms with E-state index in [4.69, 9.17) is 14.2 Å². The van der Waals surface area contributed by atoms with Gasteiger partial charge in [0.2, 0.25) is 0 Å². The highest BCUT2D eigenvalue weighted by Gasteiger charge is 2.46. The molecule has 0 unspecified atom stereocenters. The minimum Gasteiger partial charge on any atom is -0.463 e. The van der Waals surface area contributed by atoms with E-state index in [1.165, 1.54) is 25.1 Å². The minimum atomic E-state index is -1.92. The quantitative estimate of drug-likeness (QED) is 0.570. The topological polar surface area (TPSA) is 61.8 Å². The van der Waals surface area contributed by atoms with Crippen LogP contribution in [0.4, 0.5) is 4.39 Å². The second-order valence-corrected chi connectivity index (χ2v) is 4.35. The molecule has 1 aromatic carbocycles. The maximum atomic E-state index is 13.6. The molecule has 0 fully saturated rings. The number of esters is 2. The van der Waals surface area contributed by atoms with Crippen LogP contribution in [-0.4, -0.2) is 30.8 Å². The summed E-state index contributed by atoms with van der Waals surface area (Å²) in [5.41, 5.74) is -1.69. The number of carbonyl (C=O) groups excluding carboxylic acids is 2. The third-order valence-electron chi connectivity index (χ3n) is 2.80. The zero-order valence-electron chi connectivity index (χ0n) is 12.3. The van der Waals surface area contributed by atoms with Gasteiger partial charge >= 0.3 is 11.9 Å². The fraction of sp³-hybridized carbons (Fsp3) is 0.467. The van der Waals surface area contributed by atoms with Crippen LogP contribution >= 0.6 is 0 Å². The molecule has 0 amide bonds. The molecule has 6 heteroatoms. The molecule has 1 rings (SSSR count). The minimum absolute atomic E-state index is 0.0941. The van der Waals surface area contributed by atoms with Gasteiger partial charge in [-0.05, 0) is 26.8 Å². The Morgan fingerprint density at radius 1 is 1.10 bits per heavy atom. The molecule has 0 aromatic heterocycles. The van der Waals surface area contributed by atoms with Crippen molar-refractivity contribution in [3.8, 4) is 0 Å². The molecule has 0 atom stereocenters. The summed E-state index contributed by atoms with van der Waals surface area (Å²) in [4.78, 5) is 23.9. The molecule has 0 aliphatic rings. The zero-order chi connectivity index (χ0) is 15.9. The fourth-order valence-electron chi connectivity index (χ4n) is 1.58. The largest absolute Gasteiger partial charge is 0.463 e. The highest BCUT2D eigenvalue weighted by molar-refractivity contribution is 6.03. The van der Waals surface area contributed by atoms with Crippen molar-refractivity contribution >= 4 is 11.9 Å². The Morgan fingerprint density at radius 3 is 2.10 bits per heavy atom. The van der Waals surface area contributed by atoms with Crippen molar-refractivity contribution in [1.82, 2.24) is 0 Å². The Hall–Kier alpha value is -1.95. The average Bonchev–Trinajstić information content (AvgIpc) is 2.46.